The Morgan fingerprint density at radius 2 is 2.04 bits per heavy atom. The van der Waals surface area contributed by atoms with Gasteiger partial charge in [-0.2, -0.15) is 5.10 Å². The van der Waals surface area contributed by atoms with Gasteiger partial charge in [-0.25, -0.2) is 23.7 Å². The normalized spacial score (nSPS) is 16.0. The van der Waals surface area contributed by atoms with Crippen LogP contribution in [0.3, 0.4) is 0 Å². The Balaban J connectivity index is 1.45. The van der Waals surface area contributed by atoms with E-state index in [1.807, 2.05) is 35.3 Å². The molecular formula is C33H31F2N7O3S. The number of ether oxygens (including phenoxy) is 2. The van der Waals surface area contributed by atoms with Crippen molar-refractivity contribution in [1.82, 2.24) is 29.6 Å². The number of carbonyl (C=O) groups excluding carboxylic acids is 1. The quantitative estimate of drug-likeness (QED) is 0.160. The first-order valence-corrected chi connectivity index (χ1v) is 15.8. The van der Waals surface area contributed by atoms with Gasteiger partial charge in [0.05, 0.1) is 36.1 Å². The molecule has 1 atom stereocenters. The molecule has 4 aromatic heterocycles. The number of carbonyl (C=O) groups is 1. The number of methoxy groups -OCH3 is 1. The lowest BCUT2D eigenvalue weighted by atomic mass is 9.98. The van der Waals surface area contributed by atoms with Gasteiger partial charge in [0, 0.05) is 72.7 Å². The summed E-state index contributed by atoms with van der Waals surface area (Å²) in [6.45, 7) is 8.09. The molecule has 10 nitrogen and oxygen atoms in total. The van der Waals surface area contributed by atoms with Gasteiger partial charge in [-0.15, -0.1) is 11.3 Å². The van der Waals surface area contributed by atoms with Crippen molar-refractivity contribution < 1.29 is 23.0 Å². The van der Waals surface area contributed by atoms with E-state index < -0.39 is 11.6 Å². The number of thiophene rings is 1. The number of amides is 1. The van der Waals surface area contributed by atoms with Crippen molar-refractivity contribution in [3.8, 4) is 28.3 Å². The molecule has 0 bridgehead atoms. The summed E-state index contributed by atoms with van der Waals surface area (Å²) in [6.07, 6.45) is 5.42. The first-order valence-electron chi connectivity index (χ1n) is 14.9. The maximum atomic E-state index is 16.0. The highest BCUT2D eigenvalue weighted by atomic mass is 32.1. The van der Waals surface area contributed by atoms with Gasteiger partial charge in [-0.3, -0.25) is 9.48 Å². The van der Waals surface area contributed by atoms with E-state index in [1.165, 1.54) is 30.6 Å². The summed E-state index contributed by atoms with van der Waals surface area (Å²) in [5.41, 5.74) is 4.33. The fourth-order valence-electron chi connectivity index (χ4n) is 6.29. The van der Waals surface area contributed by atoms with Crippen molar-refractivity contribution in [3.63, 3.8) is 0 Å². The summed E-state index contributed by atoms with van der Waals surface area (Å²) in [5, 5.41) is 7.71. The number of hydrogen-bond acceptors (Lipinski definition) is 9. The molecule has 0 saturated carbocycles. The van der Waals surface area contributed by atoms with Crippen molar-refractivity contribution in [3.05, 3.63) is 83.4 Å². The molecule has 13 heteroatoms. The Kier molecular flexibility index (Phi) is 7.95. The summed E-state index contributed by atoms with van der Waals surface area (Å²) in [7, 11) is 1.53. The predicted molar refractivity (Wildman–Crippen MR) is 171 cm³/mol. The van der Waals surface area contributed by atoms with E-state index in [2.05, 4.69) is 21.4 Å². The van der Waals surface area contributed by atoms with Gasteiger partial charge >= 0.3 is 0 Å². The molecule has 6 heterocycles. The SMILES string of the molecule is C=CC(=O)N1CCn2nc(-c3nc(N4CCc5ncncc5C4)c4ccsc4c3-c3c(F)cc(F)cc3OCCOC)cc2[C@H]1C. The number of hydrogen-bond donors (Lipinski definition) is 0. The maximum absolute atomic E-state index is 16.0. The van der Waals surface area contributed by atoms with E-state index in [4.69, 9.17) is 19.6 Å². The average molecular weight is 644 g/mol. The second kappa shape index (κ2) is 12.2. The van der Waals surface area contributed by atoms with Gasteiger partial charge in [-0.1, -0.05) is 6.58 Å². The first kappa shape index (κ1) is 29.9. The summed E-state index contributed by atoms with van der Waals surface area (Å²) in [6, 6.07) is 5.64. The third-order valence-corrected chi connectivity index (χ3v) is 9.45. The molecule has 0 N–H and O–H groups in total. The van der Waals surface area contributed by atoms with E-state index in [-0.39, 0.29) is 36.5 Å². The van der Waals surface area contributed by atoms with E-state index in [0.717, 1.165) is 45.3 Å². The van der Waals surface area contributed by atoms with E-state index >= 15 is 4.39 Å². The van der Waals surface area contributed by atoms with Crippen molar-refractivity contribution in [2.45, 2.75) is 32.5 Å². The fraction of sp³-hybridized carbons (Fsp3) is 0.303. The van der Waals surface area contributed by atoms with Gasteiger partial charge < -0.3 is 19.3 Å². The lowest BCUT2D eigenvalue weighted by Gasteiger charge is -2.33. The zero-order valence-electron chi connectivity index (χ0n) is 25.4. The molecule has 2 aliphatic heterocycles. The van der Waals surface area contributed by atoms with Crippen molar-refractivity contribution in [2.75, 3.05) is 38.3 Å². The number of fused-ring (bicyclic) bond motifs is 3. The zero-order valence-corrected chi connectivity index (χ0v) is 26.2. The molecule has 0 spiro atoms. The van der Waals surface area contributed by atoms with Gasteiger partial charge in [0.2, 0.25) is 5.91 Å². The minimum atomic E-state index is -0.776. The van der Waals surface area contributed by atoms with Crippen molar-refractivity contribution in [1.29, 1.82) is 0 Å². The highest BCUT2D eigenvalue weighted by molar-refractivity contribution is 7.18. The lowest BCUT2D eigenvalue weighted by Crippen LogP contribution is -2.40. The fourth-order valence-corrected chi connectivity index (χ4v) is 7.24. The van der Waals surface area contributed by atoms with Crippen molar-refractivity contribution >= 4 is 33.1 Å². The Labute approximate surface area is 267 Å². The van der Waals surface area contributed by atoms with Crippen LogP contribution in [0.15, 0.2) is 54.8 Å². The van der Waals surface area contributed by atoms with E-state index in [9.17, 15) is 9.18 Å². The summed E-state index contributed by atoms with van der Waals surface area (Å²) < 4.78 is 44.4. The molecule has 1 aromatic carbocycles. The number of nitrogens with zero attached hydrogens (tertiary/aromatic N) is 7. The van der Waals surface area contributed by atoms with Crippen LogP contribution < -0.4 is 9.64 Å². The lowest BCUT2D eigenvalue weighted by molar-refractivity contribution is -0.129. The minimum Gasteiger partial charge on any atom is -0.490 e. The monoisotopic (exact) mass is 643 g/mol. The van der Waals surface area contributed by atoms with Gasteiger partial charge in [0.15, 0.2) is 0 Å². The van der Waals surface area contributed by atoms with Gasteiger partial charge in [0.1, 0.15) is 47.5 Å². The topological polar surface area (TPSA) is 98.5 Å². The summed E-state index contributed by atoms with van der Waals surface area (Å²) in [4.78, 5) is 30.4. The molecule has 46 heavy (non-hydrogen) atoms. The molecule has 0 aliphatic carbocycles. The Morgan fingerprint density at radius 3 is 2.87 bits per heavy atom. The number of pyridine rings is 1. The zero-order chi connectivity index (χ0) is 31.9. The second-order valence-electron chi connectivity index (χ2n) is 11.2. The Morgan fingerprint density at radius 1 is 1.17 bits per heavy atom. The Bertz CT molecular complexity index is 1980. The number of benzene rings is 1. The van der Waals surface area contributed by atoms with Crippen molar-refractivity contribution in [2.24, 2.45) is 0 Å². The highest BCUT2D eigenvalue weighted by Gasteiger charge is 2.32. The van der Waals surface area contributed by atoms with Crippen LogP contribution in [-0.4, -0.2) is 69.0 Å². The molecule has 5 aromatic rings. The molecule has 0 unspecified atom stereocenters. The molecule has 0 radical (unpaired) electrons. The summed E-state index contributed by atoms with van der Waals surface area (Å²) in [5.74, 6) is -0.930. The number of rotatable bonds is 8. The third kappa shape index (κ3) is 5.18. The number of aromatic nitrogens is 5. The molecule has 7 rings (SSSR count). The van der Waals surface area contributed by atoms with Gasteiger partial charge in [0.25, 0.3) is 0 Å². The van der Waals surface area contributed by atoms with Gasteiger partial charge in [-0.05, 0) is 30.5 Å². The highest BCUT2D eigenvalue weighted by Crippen LogP contribution is 2.47. The van der Waals surface area contributed by atoms with E-state index in [1.54, 1.807) is 11.2 Å². The molecule has 2 aliphatic rings. The van der Waals surface area contributed by atoms with E-state index in [0.29, 0.717) is 43.1 Å². The number of halogens is 2. The van der Waals surface area contributed by atoms with Crippen LogP contribution in [0.25, 0.3) is 32.6 Å². The maximum Gasteiger partial charge on any atom is 0.246 e. The Hall–Kier alpha value is -4.75. The van der Waals surface area contributed by atoms with Crippen LogP contribution in [0.5, 0.6) is 5.75 Å². The summed E-state index contributed by atoms with van der Waals surface area (Å²) >= 11 is 1.44. The van der Waals surface area contributed by atoms with Crippen LogP contribution in [-0.2, 0) is 29.0 Å². The number of anilines is 1. The van der Waals surface area contributed by atoms with Crippen LogP contribution in [0, 0.1) is 11.6 Å². The van der Waals surface area contributed by atoms with Crippen LogP contribution in [0.1, 0.15) is 29.9 Å². The molecule has 0 saturated heterocycles. The minimum absolute atomic E-state index is 0.0456. The second-order valence-corrected chi connectivity index (χ2v) is 12.1. The molecule has 0 fully saturated rings. The average Bonchev–Trinajstić information content (AvgIpc) is 3.73. The molecule has 1 amide bonds. The first-order chi connectivity index (χ1) is 22.4. The molecular weight excluding hydrogens is 612 g/mol. The standard InChI is InChI=1S/C33H31F2N7O3S/c1-4-28(43)41-8-9-42-26(19(41)2)15-25(39-42)31-30(29-23(35)13-21(34)14-27(29)45-11-10-44-3)32-22(6-12-46-32)33(38-31)40-7-5-24-20(17-40)16-36-18-37-24/h4,6,12-16,18-19H,1,5,7-11,17H2,2-3H3/t19-/m1/s1. The molecule has 236 valence electrons. The largest absolute Gasteiger partial charge is 0.490 e. The third-order valence-electron chi connectivity index (χ3n) is 8.52. The van der Waals surface area contributed by atoms with Crippen LogP contribution >= 0.6 is 11.3 Å². The smallest absolute Gasteiger partial charge is 0.246 e. The van der Waals surface area contributed by atoms with Crippen LogP contribution in [0.4, 0.5) is 14.6 Å². The predicted octanol–water partition coefficient (Wildman–Crippen LogP) is 5.57. The van der Waals surface area contributed by atoms with Crippen LogP contribution in [0.2, 0.25) is 0 Å².